The molecule has 12 nitrogen and oxygen atoms in total. The number of imidazole rings is 1. The number of nitrogens with zero attached hydrogens (tertiary/aromatic N) is 6. The number of pyridine rings is 1. The molecule has 8 bridgehead atoms. The zero-order valence-electron chi connectivity index (χ0n) is 19.5. The maximum atomic E-state index is 13.2. The number of fused-ring (bicyclic) bond motifs is 9. The Morgan fingerprint density at radius 2 is 1.89 bits per heavy atom. The first kappa shape index (κ1) is 22.7. The van der Waals surface area contributed by atoms with Gasteiger partial charge in [-0.1, -0.05) is 6.07 Å². The van der Waals surface area contributed by atoms with Crippen LogP contribution in [0.5, 0.6) is 5.88 Å². The van der Waals surface area contributed by atoms with Crippen molar-refractivity contribution in [2.45, 2.75) is 11.4 Å². The number of nitrogens with one attached hydrogen (secondary N) is 2. The molecule has 1 aliphatic rings. The van der Waals surface area contributed by atoms with E-state index in [0.717, 1.165) is 11.3 Å². The largest absolute Gasteiger partial charge is 0.480 e. The number of carbonyl (C=O) groups excluding carboxylic acids is 1. The first-order valence-corrected chi connectivity index (χ1v) is 12.7. The van der Waals surface area contributed by atoms with E-state index in [0.29, 0.717) is 30.0 Å². The monoisotopic (exact) mass is 516 g/mol. The van der Waals surface area contributed by atoms with Crippen molar-refractivity contribution in [3.8, 4) is 28.4 Å². The molecule has 2 N–H and O–H groups in total. The smallest absolute Gasteiger partial charge is 0.262 e. The summed E-state index contributed by atoms with van der Waals surface area (Å²) in [5.41, 5.74) is 3.60. The van der Waals surface area contributed by atoms with Gasteiger partial charge < -0.3 is 10.1 Å². The molecular weight excluding hydrogens is 496 g/mol. The molecular formula is C24H20N8O4S. The number of rotatable bonds is 1. The molecule has 0 atom stereocenters. The fraction of sp³-hybridized carbons (Fsp3) is 0.125. The summed E-state index contributed by atoms with van der Waals surface area (Å²) in [4.78, 5) is 21.4. The van der Waals surface area contributed by atoms with Gasteiger partial charge in [-0.25, -0.2) is 22.9 Å². The minimum atomic E-state index is -4.08. The van der Waals surface area contributed by atoms with Crippen LogP contribution in [0.3, 0.4) is 0 Å². The standard InChI is InChI=1S/C24H20N8O4S/c1-36-24-20-10-16(11-27-24)19-5-6-22-26-13-21(32(22)29-19)17-12-28-31(14-17)8-7-25-23(33)15-3-2-4-18(9-15)37(34,35)30-20/h2-6,9-14,30H,7-8H2,1H3,(H,25,33). The summed E-state index contributed by atoms with van der Waals surface area (Å²) >= 11 is 0. The molecule has 0 unspecified atom stereocenters. The van der Waals surface area contributed by atoms with Crippen LogP contribution in [-0.4, -0.2) is 57.3 Å². The molecule has 5 heterocycles. The minimum Gasteiger partial charge on any atom is -0.480 e. The molecule has 0 aliphatic carbocycles. The van der Waals surface area contributed by atoms with Crippen LogP contribution in [0.25, 0.3) is 28.2 Å². The second-order valence-electron chi connectivity index (χ2n) is 8.29. The van der Waals surface area contributed by atoms with Gasteiger partial charge in [0.15, 0.2) is 5.65 Å². The van der Waals surface area contributed by atoms with Crippen molar-refractivity contribution in [1.82, 2.24) is 34.7 Å². The van der Waals surface area contributed by atoms with E-state index >= 15 is 0 Å². The summed E-state index contributed by atoms with van der Waals surface area (Å²) in [6.07, 6.45) is 6.81. The molecule has 5 aromatic rings. The number of methoxy groups -OCH3 is 1. The van der Waals surface area contributed by atoms with Gasteiger partial charge in [0.2, 0.25) is 5.88 Å². The molecule has 37 heavy (non-hydrogen) atoms. The number of amides is 1. The van der Waals surface area contributed by atoms with Crippen LogP contribution >= 0.6 is 0 Å². The molecule has 1 aromatic carbocycles. The Balaban J connectivity index is 1.52. The Hall–Kier alpha value is -4.78. The number of anilines is 1. The van der Waals surface area contributed by atoms with Crippen LogP contribution in [0.2, 0.25) is 0 Å². The number of hydrogen-bond acceptors (Lipinski definition) is 8. The van der Waals surface area contributed by atoms with Gasteiger partial charge in [0.05, 0.1) is 42.3 Å². The average Bonchev–Trinajstić information content (AvgIpc) is 3.54. The van der Waals surface area contributed by atoms with E-state index in [2.05, 4.69) is 25.1 Å². The Morgan fingerprint density at radius 1 is 1.00 bits per heavy atom. The number of aromatic nitrogens is 6. The summed E-state index contributed by atoms with van der Waals surface area (Å²) < 4.78 is 37.7. The number of ether oxygens (including phenoxy) is 1. The van der Waals surface area contributed by atoms with E-state index in [4.69, 9.17) is 9.84 Å². The van der Waals surface area contributed by atoms with Crippen LogP contribution in [0.1, 0.15) is 10.4 Å². The number of sulfonamides is 1. The van der Waals surface area contributed by atoms with Crippen molar-refractivity contribution in [2.75, 3.05) is 18.4 Å². The van der Waals surface area contributed by atoms with E-state index < -0.39 is 15.9 Å². The van der Waals surface area contributed by atoms with Crippen molar-refractivity contribution in [1.29, 1.82) is 0 Å². The zero-order chi connectivity index (χ0) is 25.6. The molecule has 4 aromatic heterocycles. The third-order valence-corrected chi connectivity index (χ3v) is 7.27. The first-order chi connectivity index (χ1) is 17.9. The molecule has 6 rings (SSSR count). The normalized spacial score (nSPS) is 14.8. The van der Waals surface area contributed by atoms with Gasteiger partial charge in [0, 0.05) is 35.6 Å². The summed E-state index contributed by atoms with van der Waals surface area (Å²) in [6, 6.07) is 11.0. The van der Waals surface area contributed by atoms with Gasteiger partial charge in [-0.05, 0) is 36.4 Å². The number of carbonyl (C=O) groups is 1. The Labute approximate surface area is 211 Å². The van der Waals surface area contributed by atoms with Crippen molar-refractivity contribution in [3.63, 3.8) is 0 Å². The lowest BCUT2D eigenvalue weighted by molar-refractivity contribution is 0.0951. The fourth-order valence-corrected chi connectivity index (χ4v) is 5.16. The second-order valence-corrected chi connectivity index (χ2v) is 9.98. The predicted octanol–water partition coefficient (Wildman–Crippen LogP) is 2.21. The molecule has 13 heteroatoms. The average molecular weight is 517 g/mol. The molecule has 186 valence electrons. The highest BCUT2D eigenvalue weighted by Crippen LogP contribution is 2.30. The number of benzene rings is 1. The van der Waals surface area contributed by atoms with Crippen LogP contribution in [0.15, 0.2) is 72.1 Å². The predicted molar refractivity (Wildman–Crippen MR) is 134 cm³/mol. The van der Waals surface area contributed by atoms with E-state index in [1.165, 1.54) is 25.3 Å². The SMILES string of the molecule is COc1ncc2cc1NS(=O)(=O)c1cccc(c1)C(=O)NCCn1cc(cn1)-c1cnc3ccc-2nn13. The highest BCUT2D eigenvalue weighted by atomic mass is 32.2. The Kier molecular flexibility index (Phi) is 5.34. The molecule has 0 fully saturated rings. The fourth-order valence-electron chi connectivity index (χ4n) is 4.06. The van der Waals surface area contributed by atoms with Crippen LogP contribution in [0.4, 0.5) is 5.69 Å². The lowest BCUT2D eigenvalue weighted by Crippen LogP contribution is -2.27. The molecule has 1 amide bonds. The van der Waals surface area contributed by atoms with Gasteiger partial charge in [0.1, 0.15) is 5.69 Å². The van der Waals surface area contributed by atoms with Gasteiger partial charge >= 0.3 is 0 Å². The lowest BCUT2D eigenvalue weighted by atomic mass is 10.2. The highest BCUT2D eigenvalue weighted by molar-refractivity contribution is 7.92. The first-order valence-electron chi connectivity index (χ1n) is 11.2. The molecule has 0 saturated heterocycles. The topological polar surface area (TPSA) is 145 Å². The van der Waals surface area contributed by atoms with Crippen molar-refractivity contribution < 1.29 is 17.9 Å². The third-order valence-electron chi connectivity index (χ3n) is 5.91. The van der Waals surface area contributed by atoms with E-state index in [-0.39, 0.29) is 22.0 Å². The molecule has 0 radical (unpaired) electrons. The van der Waals surface area contributed by atoms with Gasteiger partial charge in [-0.2, -0.15) is 10.2 Å². The van der Waals surface area contributed by atoms with Gasteiger partial charge in [0.25, 0.3) is 15.9 Å². The summed E-state index contributed by atoms with van der Waals surface area (Å²) in [7, 11) is -2.68. The quantitative estimate of drug-likeness (QED) is 0.345. The molecule has 0 spiro atoms. The summed E-state index contributed by atoms with van der Waals surface area (Å²) in [5, 5.41) is 11.9. The van der Waals surface area contributed by atoms with Gasteiger partial charge in [-0.15, -0.1) is 0 Å². The van der Waals surface area contributed by atoms with Crippen molar-refractivity contribution in [2.24, 2.45) is 0 Å². The van der Waals surface area contributed by atoms with Crippen molar-refractivity contribution in [3.05, 3.63) is 72.8 Å². The summed E-state index contributed by atoms with van der Waals surface area (Å²) in [6.45, 7) is 0.706. The van der Waals surface area contributed by atoms with Crippen molar-refractivity contribution >= 4 is 27.3 Å². The second kappa shape index (κ2) is 8.71. The maximum absolute atomic E-state index is 13.2. The number of hydrogen-bond donors (Lipinski definition) is 2. The van der Waals surface area contributed by atoms with Gasteiger partial charge in [-0.3, -0.25) is 14.2 Å². The zero-order valence-corrected chi connectivity index (χ0v) is 20.3. The molecule has 0 saturated carbocycles. The molecule has 1 aliphatic heterocycles. The van der Waals surface area contributed by atoms with Crippen LogP contribution < -0.4 is 14.8 Å². The highest BCUT2D eigenvalue weighted by Gasteiger charge is 2.21. The summed E-state index contributed by atoms with van der Waals surface area (Å²) in [5.74, 6) is -0.315. The van der Waals surface area contributed by atoms with E-state index in [9.17, 15) is 13.2 Å². The van der Waals surface area contributed by atoms with Crippen LogP contribution in [0, 0.1) is 0 Å². The minimum absolute atomic E-state index is 0.0788. The lowest BCUT2D eigenvalue weighted by Gasteiger charge is -2.13. The Bertz CT molecular complexity index is 1780. The van der Waals surface area contributed by atoms with E-state index in [1.54, 1.807) is 46.0 Å². The maximum Gasteiger partial charge on any atom is 0.262 e. The van der Waals surface area contributed by atoms with Crippen LogP contribution in [-0.2, 0) is 16.6 Å². The third kappa shape index (κ3) is 4.14. The Morgan fingerprint density at radius 3 is 2.76 bits per heavy atom. The van der Waals surface area contributed by atoms with E-state index in [1.807, 2.05) is 12.3 Å².